The largest absolute Gasteiger partial charge is 0.497 e. The Morgan fingerprint density at radius 3 is 2.46 bits per heavy atom. The molecule has 134 valence electrons. The summed E-state index contributed by atoms with van der Waals surface area (Å²) in [7, 11) is 1.63. The zero-order valence-corrected chi connectivity index (χ0v) is 14.7. The van der Waals surface area contributed by atoms with Gasteiger partial charge in [-0.1, -0.05) is 5.16 Å². The summed E-state index contributed by atoms with van der Waals surface area (Å²) in [5, 5.41) is 3.95. The van der Waals surface area contributed by atoms with Crippen molar-refractivity contribution >= 4 is 6.21 Å². The predicted molar refractivity (Wildman–Crippen MR) is 98.5 cm³/mol. The molecule has 3 aromatic rings. The fourth-order valence-electron chi connectivity index (χ4n) is 2.26. The van der Waals surface area contributed by atoms with E-state index in [0.29, 0.717) is 18.2 Å². The second-order valence-corrected chi connectivity index (χ2v) is 5.38. The first-order valence-corrected chi connectivity index (χ1v) is 8.25. The van der Waals surface area contributed by atoms with Crippen LogP contribution in [0, 0.1) is 0 Å². The van der Waals surface area contributed by atoms with Gasteiger partial charge in [0, 0.05) is 5.56 Å². The van der Waals surface area contributed by atoms with E-state index in [4.69, 9.17) is 18.7 Å². The maximum absolute atomic E-state index is 5.48. The molecule has 0 aliphatic heterocycles. The number of nitrogens with zero attached hydrogens (tertiary/aromatic N) is 2. The highest BCUT2D eigenvalue weighted by atomic mass is 16.6. The summed E-state index contributed by atoms with van der Waals surface area (Å²) in [6, 6.07) is 15.1. The Morgan fingerprint density at radius 2 is 1.77 bits per heavy atom. The van der Waals surface area contributed by atoms with Crippen LogP contribution in [0.5, 0.6) is 11.5 Å². The van der Waals surface area contributed by atoms with Crippen molar-refractivity contribution in [3.63, 3.8) is 0 Å². The number of hydrogen-bond donors (Lipinski definition) is 0. The van der Waals surface area contributed by atoms with Crippen molar-refractivity contribution in [2.45, 2.75) is 13.5 Å². The van der Waals surface area contributed by atoms with Crippen molar-refractivity contribution in [2.75, 3.05) is 13.7 Å². The molecule has 0 unspecified atom stereocenters. The molecule has 0 radical (unpaired) electrons. The molecular formula is C20H20N2O4. The molecule has 3 rings (SSSR count). The Morgan fingerprint density at radius 1 is 1.04 bits per heavy atom. The molecule has 0 amide bonds. The van der Waals surface area contributed by atoms with Gasteiger partial charge in [0.1, 0.15) is 23.5 Å². The van der Waals surface area contributed by atoms with Crippen molar-refractivity contribution in [2.24, 2.45) is 5.16 Å². The van der Waals surface area contributed by atoms with Crippen molar-refractivity contribution in [1.82, 2.24) is 4.98 Å². The van der Waals surface area contributed by atoms with Crippen LogP contribution in [0.4, 0.5) is 0 Å². The van der Waals surface area contributed by atoms with Crippen molar-refractivity contribution in [1.29, 1.82) is 0 Å². The van der Waals surface area contributed by atoms with Crippen LogP contribution >= 0.6 is 0 Å². The first kappa shape index (κ1) is 17.5. The van der Waals surface area contributed by atoms with E-state index in [1.54, 1.807) is 19.6 Å². The highest BCUT2D eigenvalue weighted by Gasteiger charge is 2.07. The topological polar surface area (TPSA) is 66.1 Å². The van der Waals surface area contributed by atoms with Crippen molar-refractivity contribution < 1.29 is 18.7 Å². The molecule has 0 aliphatic carbocycles. The van der Waals surface area contributed by atoms with Crippen LogP contribution in [0.15, 0.2) is 64.4 Å². The van der Waals surface area contributed by atoms with Gasteiger partial charge in [-0.2, -0.15) is 0 Å². The Hall–Kier alpha value is -3.28. The minimum atomic E-state index is 0.229. The number of aromatic nitrogens is 1. The van der Waals surface area contributed by atoms with Gasteiger partial charge in [0.25, 0.3) is 0 Å². The molecule has 0 N–H and O–H groups in total. The molecule has 0 saturated carbocycles. The summed E-state index contributed by atoms with van der Waals surface area (Å²) in [6.07, 6.45) is 3.20. The Balaban J connectivity index is 1.52. The molecule has 2 aromatic carbocycles. The summed E-state index contributed by atoms with van der Waals surface area (Å²) in [5.41, 5.74) is 2.46. The van der Waals surface area contributed by atoms with Gasteiger partial charge in [-0.3, -0.25) is 0 Å². The van der Waals surface area contributed by atoms with E-state index in [0.717, 1.165) is 22.6 Å². The minimum Gasteiger partial charge on any atom is -0.497 e. The smallest absolute Gasteiger partial charge is 0.226 e. The Kier molecular flexibility index (Phi) is 5.88. The van der Waals surface area contributed by atoms with Crippen LogP contribution in [-0.4, -0.2) is 24.9 Å². The lowest BCUT2D eigenvalue weighted by Gasteiger charge is -2.01. The van der Waals surface area contributed by atoms with Crippen LogP contribution in [0.2, 0.25) is 0 Å². The highest BCUT2D eigenvalue weighted by Crippen LogP contribution is 2.22. The van der Waals surface area contributed by atoms with Crippen LogP contribution in [0.3, 0.4) is 0 Å². The Bertz CT molecular complexity index is 839. The summed E-state index contributed by atoms with van der Waals surface area (Å²) < 4.78 is 16.0. The average molecular weight is 352 g/mol. The van der Waals surface area contributed by atoms with Crippen LogP contribution in [0.25, 0.3) is 11.5 Å². The number of oxime groups is 1. The lowest BCUT2D eigenvalue weighted by Crippen LogP contribution is -1.92. The SMILES string of the molecule is CCOc1ccc(/C=N/OCc2coc(-c3ccc(OC)cc3)n2)cc1. The third-order valence-electron chi connectivity index (χ3n) is 3.57. The van der Waals surface area contributed by atoms with Gasteiger partial charge in [0.2, 0.25) is 5.89 Å². The molecule has 0 fully saturated rings. The number of oxazole rings is 1. The number of ether oxygens (including phenoxy) is 2. The molecule has 1 aromatic heterocycles. The van der Waals surface area contributed by atoms with E-state index in [-0.39, 0.29) is 6.61 Å². The molecule has 1 heterocycles. The second kappa shape index (κ2) is 8.71. The van der Waals surface area contributed by atoms with Gasteiger partial charge in [0.15, 0.2) is 6.61 Å². The van der Waals surface area contributed by atoms with E-state index in [1.807, 2.05) is 55.5 Å². The van der Waals surface area contributed by atoms with Crippen molar-refractivity contribution in [3.05, 3.63) is 66.1 Å². The number of rotatable bonds is 8. The third kappa shape index (κ3) is 4.63. The standard InChI is InChI=1S/C20H20N2O4/c1-3-24-19-8-4-15(5-9-19)12-21-26-14-17-13-25-20(22-17)16-6-10-18(23-2)11-7-16/h4-13H,3,14H2,1-2H3/b21-12+. The molecule has 0 bridgehead atoms. The quantitative estimate of drug-likeness (QED) is 0.447. The first-order chi connectivity index (χ1) is 12.8. The maximum atomic E-state index is 5.48. The summed E-state index contributed by atoms with van der Waals surface area (Å²) in [5.74, 6) is 2.15. The van der Waals surface area contributed by atoms with E-state index in [9.17, 15) is 0 Å². The molecule has 6 nitrogen and oxygen atoms in total. The fraction of sp³-hybridized carbons (Fsp3) is 0.200. The van der Waals surface area contributed by atoms with Crippen LogP contribution < -0.4 is 9.47 Å². The van der Waals surface area contributed by atoms with Crippen LogP contribution in [-0.2, 0) is 11.4 Å². The van der Waals surface area contributed by atoms with Gasteiger partial charge in [0.05, 0.1) is 19.9 Å². The van der Waals surface area contributed by atoms with Crippen molar-refractivity contribution in [3.8, 4) is 23.0 Å². The van der Waals surface area contributed by atoms with E-state index >= 15 is 0 Å². The molecule has 0 aliphatic rings. The summed E-state index contributed by atoms with van der Waals surface area (Å²) >= 11 is 0. The van der Waals surface area contributed by atoms with Gasteiger partial charge in [-0.05, 0) is 61.0 Å². The van der Waals surface area contributed by atoms with Gasteiger partial charge in [-0.15, -0.1) is 0 Å². The Labute approximate surface area is 152 Å². The second-order valence-electron chi connectivity index (χ2n) is 5.38. The fourth-order valence-corrected chi connectivity index (χ4v) is 2.26. The first-order valence-electron chi connectivity index (χ1n) is 8.25. The van der Waals surface area contributed by atoms with Crippen LogP contribution in [0.1, 0.15) is 18.2 Å². The van der Waals surface area contributed by atoms with E-state index in [1.165, 1.54) is 0 Å². The minimum absolute atomic E-state index is 0.229. The zero-order chi connectivity index (χ0) is 18.2. The maximum Gasteiger partial charge on any atom is 0.226 e. The summed E-state index contributed by atoms with van der Waals surface area (Å²) in [6.45, 7) is 2.83. The average Bonchev–Trinajstić information content (AvgIpc) is 3.16. The monoisotopic (exact) mass is 352 g/mol. The lowest BCUT2D eigenvalue weighted by atomic mass is 10.2. The van der Waals surface area contributed by atoms with E-state index in [2.05, 4.69) is 10.1 Å². The molecule has 0 spiro atoms. The third-order valence-corrected chi connectivity index (χ3v) is 3.57. The normalized spacial score (nSPS) is 10.8. The lowest BCUT2D eigenvalue weighted by molar-refractivity contribution is 0.129. The molecule has 0 saturated heterocycles. The molecule has 6 heteroatoms. The number of benzene rings is 2. The molecule has 26 heavy (non-hydrogen) atoms. The van der Waals surface area contributed by atoms with Gasteiger partial charge >= 0.3 is 0 Å². The van der Waals surface area contributed by atoms with Gasteiger partial charge in [-0.25, -0.2) is 4.98 Å². The molecule has 0 atom stereocenters. The van der Waals surface area contributed by atoms with E-state index < -0.39 is 0 Å². The number of methoxy groups -OCH3 is 1. The predicted octanol–water partition coefficient (Wildman–Crippen LogP) is 4.30. The number of hydrogen-bond acceptors (Lipinski definition) is 6. The summed E-state index contributed by atoms with van der Waals surface area (Å²) in [4.78, 5) is 9.67. The van der Waals surface area contributed by atoms with Gasteiger partial charge < -0.3 is 18.7 Å². The molecular weight excluding hydrogens is 332 g/mol. The zero-order valence-electron chi connectivity index (χ0n) is 14.7. The highest BCUT2D eigenvalue weighted by molar-refractivity contribution is 5.79.